The van der Waals surface area contributed by atoms with Crippen LogP contribution in [0.15, 0.2) is 71.1 Å². The number of methoxy groups -OCH3 is 1. The van der Waals surface area contributed by atoms with Crippen LogP contribution >= 0.6 is 11.6 Å². The summed E-state index contributed by atoms with van der Waals surface area (Å²) >= 11 is 5.94. The van der Waals surface area contributed by atoms with Gasteiger partial charge in [-0.3, -0.25) is 4.79 Å². The summed E-state index contributed by atoms with van der Waals surface area (Å²) < 4.78 is 11.0. The summed E-state index contributed by atoms with van der Waals surface area (Å²) in [6, 6.07) is 19.6. The predicted octanol–water partition coefficient (Wildman–Crippen LogP) is 5.41. The van der Waals surface area contributed by atoms with Crippen LogP contribution in [-0.2, 0) is 0 Å². The average Bonchev–Trinajstić information content (AvgIpc) is 3.11. The maximum atomic E-state index is 12.4. The summed E-state index contributed by atoms with van der Waals surface area (Å²) in [7, 11) is 1.62. The number of nitrogens with zero attached hydrogens (tertiary/aromatic N) is 1. The van der Waals surface area contributed by atoms with Gasteiger partial charge in [-0.15, -0.1) is 0 Å². The molecule has 0 bridgehead atoms. The number of aromatic nitrogens is 1. The molecule has 0 radical (unpaired) electrons. The van der Waals surface area contributed by atoms with Crippen molar-refractivity contribution in [2.45, 2.75) is 0 Å². The molecule has 4 rings (SSSR count). The van der Waals surface area contributed by atoms with E-state index in [1.165, 1.54) is 0 Å². The summed E-state index contributed by atoms with van der Waals surface area (Å²) in [5, 5.41) is 3.35. The van der Waals surface area contributed by atoms with Gasteiger partial charge in [0.25, 0.3) is 5.91 Å². The minimum absolute atomic E-state index is 0.244. The van der Waals surface area contributed by atoms with Crippen molar-refractivity contribution < 1.29 is 13.9 Å². The van der Waals surface area contributed by atoms with Crippen LogP contribution < -0.4 is 10.1 Å². The van der Waals surface area contributed by atoms with Crippen molar-refractivity contribution in [1.29, 1.82) is 0 Å². The molecule has 4 aromatic rings. The number of amides is 1. The molecule has 0 aliphatic heterocycles. The van der Waals surface area contributed by atoms with Crippen molar-refractivity contribution in [1.82, 2.24) is 4.98 Å². The van der Waals surface area contributed by atoms with Gasteiger partial charge in [0.2, 0.25) is 5.89 Å². The van der Waals surface area contributed by atoms with Gasteiger partial charge in [-0.2, -0.15) is 0 Å². The number of fused-ring (bicyclic) bond motifs is 1. The number of oxazole rings is 1. The van der Waals surface area contributed by atoms with Crippen molar-refractivity contribution in [3.8, 4) is 17.2 Å². The number of halogens is 1. The molecule has 0 atom stereocenters. The number of anilines is 1. The Labute approximate surface area is 160 Å². The first kappa shape index (κ1) is 17.1. The fourth-order valence-corrected chi connectivity index (χ4v) is 2.88. The number of ether oxygens (including phenoxy) is 1. The summed E-state index contributed by atoms with van der Waals surface area (Å²) in [5.41, 5.74) is 3.24. The molecule has 0 aliphatic carbocycles. The fraction of sp³-hybridized carbons (Fsp3) is 0.0476. The highest BCUT2D eigenvalue weighted by atomic mass is 35.5. The largest absolute Gasteiger partial charge is 0.497 e. The molecular weight excluding hydrogens is 364 g/mol. The Balaban J connectivity index is 1.59. The molecule has 0 aliphatic rings. The Morgan fingerprint density at radius 2 is 1.89 bits per heavy atom. The highest BCUT2D eigenvalue weighted by Crippen LogP contribution is 2.27. The van der Waals surface area contributed by atoms with E-state index in [1.807, 2.05) is 24.3 Å². The first-order chi connectivity index (χ1) is 13.1. The normalized spacial score (nSPS) is 10.7. The molecule has 6 heteroatoms. The quantitative estimate of drug-likeness (QED) is 0.515. The van der Waals surface area contributed by atoms with Crippen LogP contribution in [0.5, 0.6) is 5.75 Å². The van der Waals surface area contributed by atoms with E-state index in [2.05, 4.69) is 10.3 Å². The summed E-state index contributed by atoms with van der Waals surface area (Å²) in [6.07, 6.45) is 0. The van der Waals surface area contributed by atoms with Gasteiger partial charge in [-0.05, 0) is 54.6 Å². The first-order valence-corrected chi connectivity index (χ1v) is 8.62. The third-order valence-electron chi connectivity index (χ3n) is 4.07. The van der Waals surface area contributed by atoms with Gasteiger partial charge in [0, 0.05) is 27.9 Å². The number of benzene rings is 3. The van der Waals surface area contributed by atoms with Crippen LogP contribution in [0.1, 0.15) is 10.4 Å². The molecular formula is C21H15ClN2O3. The monoisotopic (exact) mass is 378 g/mol. The Kier molecular flexibility index (Phi) is 4.52. The standard InChI is InChI=1S/C21H15ClN2O3/c1-26-17-8-5-13(6-9-17)21-24-18-10-7-16(12-19(18)27-21)23-20(25)14-3-2-4-15(22)11-14/h2-12H,1H3,(H,23,25). The van der Waals surface area contributed by atoms with Gasteiger partial charge < -0.3 is 14.5 Å². The van der Waals surface area contributed by atoms with E-state index < -0.39 is 0 Å². The molecule has 5 nitrogen and oxygen atoms in total. The molecule has 1 heterocycles. The van der Waals surface area contributed by atoms with Gasteiger partial charge in [-0.25, -0.2) is 4.98 Å². The second kappa shape index (κ2) is 7.13. The number of hydrogen-bond donors (Lipinski definition) is 1. The minimum atomic E-state index is -0.244. The highest BCUT2D eigenvalue weighted by molar-refractivity contribution is 6.31. The van der Waals surface area contributed by atoms with E-state index in [0.29, 0.717) is 33.3 Å². The summed E-state index contributed by atoms with van der Waals surface area (Å²) in [6.45, 7) is 0. The van der Waals surface area contributed by atoms with Gasteiger partial charge in [0.05, 0.1) is 7.11 Å². The van der Waals surface area contributed by atoms with Crippen LogP contribution in [0.3, 0.4) is 0 Å². The number of carbonyl (C=O) groups excluding carboxylic acids is 1. The van der Waals surface area contributed by atoms with Crippen molar-refractivity contribution in [3.05, 3.63) is 77.3 Å². The summed E-state index contributed by atoms with van der Waals surface area (Å²) in [4.78, 5) is 16.9. The van der Waals surface area contributed by atoms with Gasteiger partial charge >= 0.3 is 0 Å². The molecule has 0 fully saturated rings. The highest BCUT2D eigenvalue weighted by Gasteiger charge is 2.11. The molecule has 0 saturated carbocycles. The molecule has 27 heavy (non-hydrogen) atoms. The molecule has 0 spiro atoms. The molecule has 1 aromatic heterocycles. The van der Waals surface area contributed by atoms with Crippen LogP contribution in [0, 0.1) is 0 Å². The molecule has 0 unspecified atom stereocenters. The smallest absolute Gasteiger partial charge is 0.255 e. The lowest BCUT2D eigenvalue weighted by atomic mass is 10.2. The Hall–Kier alpha value is -3.31. The second-order valence-electron chi connectivity index (χ2n) is 5.89. The zero-order valence-electron chi connectivity index (χ0n) is 14.4. The van der Waals surface area contributed by atoms with E-state index in [0.717, 1.165) is 11.3 Å². The van der Waals surface area contributed by atoms with Crippen molar-refractivity contribution in [2.24, 2.45) is 0 Å². The average molecular weight is 379 g/mol. The Bertz CT molecular complexity index is 1120. The molecule has 134 valence electrons. The minimum Gasteiger partial charge on any atom is -0.497 e. The maximum Gasteiger partial charge on any atom is 0.255 e. The Morgan fingerprint density at radius 1 is 1.07 bits per heavy atom. The number of nitrogens with one attached hydrogen (secondary N) is 1. The lowest BCUT2D eigenvalue weighted by molar-refractivity contribution is 0.102. The van der Waals surface area contributed by atoms with Gasteiger partial charge in [-0.1, -0.05) is 17.7 Å². The van der Waals surface area contributed by atoms with Crippen LogP contribution in [0.25, 0.3) is 22.6 Å². The first-order valence-electron chi connectivity index (χ1n) is 8.24. The fourth-order valence-electron chi connectivity index (χ4n) is 2.69. The lowest BCUT2D eigenvalue weighted by Gasteiger charge is -2.05. The predicted molar refractivity (Wildman–Crippen MR) is 105 cm³/mol. The topological polar surface area (TPSA) is 64.4 Å². The van der Waals surface area contributed by atoms with Crippen LogP contribution in [0.2, 0.25) is 5.02 Å². The molecule has 1 amide bonds. The van der Waals surface area contributed by atoms with E-state index in [-0.39, 0.29) is 5.91 Å². The molecule has 3 aromatic carbocycles. The SMILES string of the molecule is COc1ccc(-c2nc3ccc(NC(=O)c4cccc(Cl)c4)cc3o2)cc1. The summed E-state index contributed by atoms with van der Waals surface area (Å²) in [5.74, 6) is 1.03. The van der Waals surface area contributed by atoms with Crippen molar-refractivity contribution in [2.75, 3.05) is 12.4 Å². The maximum absolute atomic E-state index is 12.4. The third-order valence-corrected chi connectivity index (χ3v) is 4.31. The van der Waals surface area contributed by atoms with Gasteiger partial charge in [0.1, 0.15) is 11.3 Å². The zero-order valence-corrected chi connectivity index (χ0v) is 15.2. The Morgan fingerprint density at radius 3 is 2.63 bits per heavy atom. The third kappa shape index (κ3) is 3.64. The zero-order chi connectivity index (χ0) is 18.8. The van der Waals surface area contributed by atoms with Crippen LogP contribution in [-0.4, -0.2) is 18.0 Å². The van der Waals surface area contributed by atoms with Crippen LogP contribution in [0.4, 0.5) is 5.69 Å². The number of carbonyl (C=O) groups is 1. The van der Waals surface area contributed by atoms with Gasteiger partial charge in [0.15, 0.2) is 5.58 Å². The lowest BCUT2D eigenvalue weighted by Crippen LogP contribution is -2.11. The number of rotatable bonds is 4. The van der Waals surface area contributed by atoms with E-state index >= 15 is 0 Å². The second-order valence-corrected chi connectivity index (χ2v) is 6.33. The van der Waals surface area contributed by atoms with E-state index in [4.69, 9.17) is 20.8 Å². The van der Waals surface area contributed by atoms with E-state index in [9.17, 15) is 4.79 Å². The van der Waals surface area contributed by atoms with E-state index in [1.54, 1.807) is 49.6 Å². The van der Waals surface area contributed by atoms with Crippen molar-refractivity contribution in [3.63, 3.8) is 0 Å². The molecule has 0 saturated heterocycles. The van der Waals surface area contributed by atoms with Crippen molar-refractivity contribution >= 4 is 34.3 Å². The molecule has 1 N–H and O–H groups in total. The number of hydrogen-bond acceptors (Lipinski definition) is 4.